The lowest BCUT2D eigenvalue weighted by atomic mass is 9.96. The first kappa shape index (κ1) is 18.0. The molecule has 1 saturated heterocycles. The van der Waals surface area contributed by atoms with Crippen LogP contribution in [0.5, 0.6) is 0 Å². The monoisotopic (exact) mass is 407 g/mol. The van der Waals surface area contributed by atoms with Gasteiger partial charge in [-0.25, -0.2) is 9.59 Å². The van der Waals surface area contributed by atoms with Crippen molar-refractivity contribution in [2.45, 2.75) is 24.9 Å². The maximum atomic E-state index is 12.5. The Morgan fingerprint density at radius 1 is 1.13 bits per heavy atom. The molecule has 30 heavy (non-hydrogen) atoms. The van der Waals surface area contributed by atoms with Crippen LogP contribution in [0.3, 0.4) is 0 Å². The third-order valence-electron chi connectivity index (χ3n) is 5.48. The average Bonchev–Trinajstić information content (AvgIpc) is 3.28. The molecule has 1 fully saturated rings. The summed E-state index contributed by atoms with van der Waals surface area (Å²) in [5.41, 5.74) is 8.36. The molecule has 1 spiro atoms. The van der Waals surface area contributed by atoms with Crippen LogP contribution in [0.4, 0.5) is 16.2 Å². The number of benzene rings is 2. The van der Waals surface area contributed by atoms with Crippen molar-refractivity contribution in [3.05, 3.63) is 58.1 Å². The van der Waals surface area contributed by atoms with E-state index in [0.717, 1.165) is 11.1 Å². The molecule has 0 bridgehead atoms. The number of imide groups is 1. The van der Waals surface area contributed by atoms with Crippen LogP contribution < -0.4 is 27.4 Å². The fourth-order valence-electron chi connectivity index (χ4n) is 4.10. The predicted octanol–water partition coefficient (Wildman–Crippen LogP) is 0.492. The molecule has 2 aliphatic rings. The third kappa shape index (κ3) is 2.81. The minimum absolute atomic E-state index is 0.241. The fourth-order valence-corrected chi connectivity index (χ4v) is 4.10. The number of nitrogens with two attached hydrogens (primary N) is 1. The van der Waals surface area contributed by atoms with Crippen molar-refractivity contribution in [1.82, 2.24) is 15.2 Å². The average molecular weight is 407 g/mol. The van der Waals surface area contributed by atoms with Gasteiger partial charge in [-0.15, -0.1) is 0 Å². The van der Waals surface area contributed by atoms with Crippen LogP contribution in [0.15, 0.2) is 45.6 Å². The molecule has 10 nitrogen and oxygen atoms in total. The highest BCUT2D eigenvalue weighted by molar-refractivity contribution is 6.08. The molecule has 2 heterocycles. The predicted molar refractivity (Wildman–Crippen MR) is 107 cm³/mol. The second-order valence-electron chi connectivity index (χ2n) is 7.56. The van der Waals surface area contributed by atoms with Crippen LogP contribution in [0.2, 0.25) is 0 Å². The molecule has 1 unspecified atom stereocenters. The van der Waals surface area contributed by atoms with Gasteiger partial charge in [-0.05, 0) is 41.5 Å². The van der Waals surface area contributed by atoms with Gasteiger partial charge in [-0.1, -0.05) is 6.07 Å². The van der Waals surface area contributed by atoms with Gasteiger partial charge in [0.1, 0.15) is 12.1 Å². The quantitative estimate of drug-likeness (QED) is 0.367. The highest BCUT2D eigenvalue weighted by atomic mass is 16.4. The van der Waals surface area contributed by atoms with E-state index in [2.05, 4.69) is 16.0 Å². The van der Waals surface area contributed by atoms with E-state index in [1.807, 2.05) is 6.07 Å². The van der Waals surface area contributed by atoms with E-state index in [0.29, 0.717) is 35.3 Å². The standard InChI is InChI=1S/C20H17N5O5/c21-12-2-4-15-14(6-12)25(19(29)30-15)9-16(26)22-13-3-1-10-7-20(8-11(10)5-13)17(27)23-18(28)24-20/h1-6H,7-9,21H2,(H,22,26)(H2,23,24,27,28). The van der Waals surface area contributed by atoms with Crippen LogP contribution in [-0.4, -0.2) is 28.0 Å². The Morgan fingerprint density at radius 3 is 2.70 bits per heavy atom. The second-order valence-corrected chi connectivity index (χ2v) is 7.56. The number of amides is 4. The molecule has 2 aromatic carbocycles. The zero-order valence-electron chi connectivity index (χ0n) is 15.7. The van der Waals surface area contributed by atoms with Crippen molar-refractivity contribution in [3.63, 3.8) is 0 Å². The molecular formula is C20H17N5O5. The number of anilines is 2. The lowest BCUT2D eigenvalue weighted by Gasteiger charge is -2.18. The first-order chi connectivity index (χ1) is 14.3. The molecule has 5 N–H and O–H groups in total. The lowest BCUT2D eigenvalue weighted by Crippen LogP contribution is -2.47. The van der Waals surface area contributed by atoms with E-state index >= 15 is 0 Å². The van der Waals surface area contributed by atoms with E-state index in [9.17, 15) is 19.2 Å². The SMILES string of the molecule is Nc1ccc2oc(=O)n(CC(=O)Nc3ccc4c(c3)CC3(C4)NC(=O)NC3=O)c2c1. The number of nitrogens with zero attached hydrogens (tertiary/aromatic N) is 1. The highest BCUT2D eigenvalue weighted by Gasteiger charge is 2.49. The van der Waals surface area contributed by atoms with Gasteiger partial charge >= 0.3 is 11.8 Å². The minimum atomic E-state index is -0.967. The molecule has 10 heteroatoms. The number of hydrogen-bond donors (Lipinski definition) is 4. The summed E-state index contributed by atoms with van der Waals surface area (Å²) in [6.45, 7) is -0.241. The number of rotatable bonds is 3. The van der Waals surface area contributed by atoms with Crippen LogP contribution in [0.1, 0.15) is 11.1 Å². The van der Waals surface area contributed by atoms with E-state index < -0.39 is 23.2 Å². The number of aromatic nitrogens is 1. The van der Waals surface area contributed by atoms with Crippen LogP contribution in [-0.2, 0) is 29.0 Å². The Labute approximate surface area is 169 Å². The summed E-state index contributed by atoms with van der Waals surface area (Å²) in [7, 11) is 0. The molecule has 1 atom stereocenters. The third-order valence-corrected chi connectivity index (χ3v) is 5.48. The summed E-state index contributed by atoms with van der Waals surface area (Å²) in [5.74, 6) is -1.41. The number of oxazole rings is 1. The fraction of sp³-hybridized carbons (Fsp3) is 0.200. The summed E-state index contributed by atoms with van der Waals surface area (Å²) in [6.07, 6.45) is 0.737. The van der Waals surface area contributed by atoms with E-state index in [1.165, 1.54) is 4.57 Å². The van der Waals surface area contributed by atoms with E-state index in [4.69, 9.17) is 10.2 Å². The van der Waals surface area contributed by atoms with Crippen LogP contribution in [0, 0.1) is 0 Å². The van der Waals surface area contributed by atoms with Crippen molar-refractivity contribution in [1.29, 1.82) is 0 Å². The summed E-state index contributed by atoms with van der Waals surface area (Å²) in [5, 5.41) is 7.72. The molecule has 5 rings (SSSR count). The summed E-state index contributed by atoms with van der Waals surface area (Å²) in [4.78, 5) is 48.3. The number of nitrogens with one attached hydrogen (secondary N) is 3. The zero-order valence-corrected chi connectivity index (χ0v) is 15.7. The topological polar surface area (TPSA) is 148 Å². The van der Waals surface area contributed by atoms with Gasteiger partial charge in [0.2, 0.25) is 5.91 Å². The van der Waals surface area contributed by atoms with Crippen LogP contribution in [0.25, 0.3) is 11.1 Å². The molecule has 1 aliphatic carbocycles. The van der Waals surface area contributed by atoms with Crippen molar-refractivity contribution in [2.24, 2.45) is 0 Å². The van der Waals surface area contributed by atoms with E-state index in [1.54, 1.807) is 30.3 Å². The van der Waals surface area contributed by atoms with Gasteiger partial charge in [0.25, 0.3) is 5.91 Å². The van der Waals surface area contributed by atoms with Gasteiger partial charge in [0, 0.05) is 24.2 Å². The number of nitrogen functional groups attached to an aromatic ring is 1. The Hall–Kier alpha value is -4.08. The number of fused-ring (bicyclic) bond motifs is 2. The van der Waals surface area contributed by atoms with Gasteiger partial charge < -0.3 is 20.8 Å². The molecule has 152 valence electrons. The van der Waals surface area contributed by atoms with Gasteiger partial charge in [-0.3, -0.25) is 19.5 Å². The molecule has 1 aromatic heterocycles. The molecule has 0 saturated carbocycles. The van der Waals surface area contributed by atoms with Crippen molar-refractivity contribution in [2.75, 3.05) is 11.1 Å². The summed E-state index contributed by atoms with van der Waals surface area (Å²) in [6, 6.07) is 9.57. The van der Waals surface area contributed by atoms with Crippen molar-refractivity contribution < 1.29 is 18.8 Å². The Kier molecular flexibility index (Phi) is 3.72. The first-order valence-corrected chi connectivity index (χ1v) is 9.27. The number of carbonyl (C=O) groups excluding carboxylic acids is 3. The summed E-state index contributed by atoms with van der Waals surface area (Å²) >= 11 is 0. The Balaban J connectivity index is 1.35. The molecule has 0 radical (unpaired) electrons. The maximum Gasteiger partial charge on any atom is 0.420 e. The van der Waals surface area contributed by atoms with Crippen LogP contribution >= 0.6 is 0 Å². The molecule has 4 amide bonds. The minimum Gasteiger partial charge on any atom is -0.408 e. The van der Waals surface area contributed by atoms with E-state index in [-0.39, 0.29) is 12.5 Å². The first-order valence-electron chi connectivity index (χ1n) is 9.27. The largest absolute Gasteiger partial charge is 0.420 e. The Morgan fingerprint density at radius 2 is 1.93 bits per heavy atom. The number of urea groups is 1. The van der Waals surface area contributed by atoms with Gasteiger partial charge in [-0.2, -0.15) is 0 Å². The molecular weight excluding hydrogens is 390 g/mol. The number of carbonyl (C=O) groups is 3. The molecule has 3 aromatic rings. The lowest BCUT2D eigenvalue weighted by molar-refractivity contribution is -0.123. The Bertz CT molecular complexity index is 1310. The number of hydrogen-bond acceptors (Lipinski definition) is 6. The highest BCUT2D eigenvalue weighted by Crippen LogP contribution is 2.34. The van der Waals surface area contributed by atoms with Crippen molar-refractivity contribution in [3.8, 4) is 0 Å². The second kappa shape index (κ2) is 6.21. The summed E-state index contributed by atoms with van der Waals surface area (Å²) < 4.78 is 6.35. The zero-order chi connectivity index (χ0) is 21.0. The van der Waals surface area contributed by atoms with Crippen molar-refractivity contribution >= 4 is 40.3 Å². The normalized spacial score (nSPS) is 19.7. The van der Waals surface area contributed by atoms with Gasteiger partial charge in [0.15, 0.2) is 5.58 Å². The van der Waals surface area contributed by atoms with Gasteiger partial charge in [0.05, 0.1) is 5.52 Å². The maximum absolute atomic E-state index is 12.5. The molecule has 1 aliphatic heterocycles. The smallest absolute Gasteiger partial charge is 0.408 e.